The van der Waals surface area contributed by atoms with Crippen LogP contribution in [0.4, 0.5) is 5.69 Å². The number of thiophene rings is 1. The summed E-state index contributed by atoms with van der Waals surface area (Å²) in [6, 6.07) is 9.15. The number of benzene rings is 1. The van der Waals surface area contributed by atoms with Crippen LogP contribution in [0.25, 0.3) is 10.2 Å². The molecule has 3 heterocycles. The minimum atomic E-state index is -0.420. The van der Waals surface area contributed by atoms with Crippen LogP contribution in [0.2, 0.25) is 0 Å². The number of nitrogens with two attached hydrogens (primary N) is 1. The van der Waals surface area contributed by atoms with E-state index < -0.39 is 6.04 Å². The Bertz CT molecular complexity index is 962. The SMILES string of the molecule is NC(=O)[C@@H]1Cc2ccccc2N1Cc1nc2sccc2c(=O)[nH]1. The van der Waals surface area contributed by atoms with Crippen molar-refractivity contribution in [3.8, 4) is 0 Å². The van der Waals surface area contributed by atoms with E-state index in [2.05, 4.69) is 9.97 Å². The van der Waals surface area contributed by atoms with E-state index in [4.69, 9.17) is 5.73 Å². The van der Waals surface area contributed by atoms with Crippen LogP contribution in [0.3, 0.4) is 0 Å². The lowest BCUT2D eigenvalue weighted by atomic mass is 10.1. The summed E-state index contributed by atoms with van der Waals surface area (Å²) in [6.45, 7) is 0.341. The van der Waals surface area contributed by atoms with Crippen LogP contribution in [0.1, 0.15) is 11.4 Å². The number of carbonyl (C=O) groups excluding carboxylic acids is 1. The van der Waals surface area contributed by atoms with Crippen molar-refractivity contribution < 1.29 is 4.79 Å². The second kappa shape index (κ2) is 5.20. The van der Waals surface area contributed by atoms with Crippen molar-refractivity contribution in [3.05, 3.63) is 57.5 Å². The predicted molar refractivity (Wildman–Crippen MR) is 89.6 cm³/mol. The van der Waals surface area contributed by atoms with E-state index in [0.29, 0.717) is 29.0 Å². The molecule has 1 atom stereocenters. The number of rotatable bonds is 3. The van der Waals surface area contributed by atoms with Crippen LogP contribution in [0.15, 0.2) is 40.5 Å². The van der Waals surface area contributed by atoms with Gasteiger partial charge in [0.05, 0.1) is 11.9 Å². The number of hydrogen-bond donors (Lipinski definition) is 2. The number of nitrogens with zero attached hydrogens (tertiary/aromatic N) is 2. The maximum absolute atomic E-state index is 12.1. The van der Waals surface area contributed by atoms with Crippen molar-refractivity contribution in [2.24, 2.45) is 5.73 Å². The third-order valence-corrected chi connectivity index (χ3v) is 4.93. The third-order valence-electron chi connectivity index (χ3n) is 4.12. The molecule has 0 fully saturated rings. The average Bonchev–Trinajstić information content (AvgIpc) is 3.13. The number of H-pyrrole nitrogens is 1. The molecule has 7 heteroatoms. The quantitative estimate of drug-likeness (QED) is 0.761. The molecule has 0 aliphatic carbocycles. The highest BCUT2D eigenvalue weighted by Gasteiger charge is 2.33. The van der Waals surface area contributed by atoms with Crippen LogP contribution in [-0.4, -0.2) is 21.9 Å². The van der Waals surface area contributed by atoms with Crippen LogP contribution >= 0.6 is 11.3 Å². The highest BCUT2D eigenvalue weighted by atomic mass is 32.1. The van der Waals surface area contributed by atoms with Crippen molar-refractivity contribution in [1.82, 2.24) is 9.97 Å². The second-order valence-corrected chi connectivity index (χ2v) is 6.43. The molecule has 1 amide bonds. The van der Waals surface area contributed by atoms with Gasteiger partial charge < -0.3 is 15.6 Å². The Hall–Kier alpha value is -2.67. The zero-order valence-electron chi connectivity index (χ0n) is 12.2. The summed E-state index contributed by atoms with van der Waals surface area (Å²) in [5.41, 5.74) is 7.44. The van der Waals surface area contributed by atoms with Gasteiger partial charge in [-0.3, -0.25) is 9.59 Å². The molecule has 116 valence electrons. The fourth-order valence-corrected chi connectivity index (χ4v) is 3.83. The number of amides is 1. The predicted octanol–water partition coefficient (Wildman–Crippen LogP) is 1.40. The highest BCUT2D eigenvalue weighted by molar-refractivity contribution is 7.16. The van der Waals surface area contributed by atoms with Gasteiger partial charge in [-0.1, -0.05) is 18.2 Å². The molecule has 23 heavy (non-hydrogen) atoms. The minimum Gasteiger partial charge on any atom is -0.368 e. The standard InChI is InChI=1S/C16H14N4O2S/c17-14(21)12-7-9-3-1-2-4-11(9)20(12)8-13-18-15(22)10-5-6-23-16(10)19-13/h1-6,12H,7-8H2,(H2,17,21)(H,18,19,22)/t12-/m0/s1. The molecule has 6 nitrogen and oxygen atoms in total. The zero-order chi connectivity index (χ0) is 16.0. The lowest BCUT2D eigenvalue weighted by Gasteiger charge is -2.24. The largest absolute Gasteiger partial charge is 0.368 e. The van der Waals surface area contributed by atoms with Crippen LogP contribution in [0.5, 0.6) is 0 Å². The number of aromatic nitrogens is 2. The van der Waals surface area contributed by atoms with Crippen LogP contribution in [-0.2, 0) is 17.8 Å². The van der Waals surface area contributed by atoms with Gasteiger partial charge in [-0.2, -0.15) is 0 Å². The van der Waals surface area contributed by atoms with E-state index in [1.807, 2.05) is 34.5 Å². The van der Waals surface area contributed by atoms with Gasteiger partial charge in [-0.05, 0) is 23.1 Å². The molecule has 0 saturated carbocycles. The Morgan fingerprint density at radius 1 is 1.39 bits per heavy atom. The maximum atomic E-state index is 12.1. The molecule has 4 rings (SSSR count). The van der Waals surface area contributed by atoms with E-state index in [1.54, 1.807) is 6.07 Å². The Kier molecular flexibility index (Phi) is 3.16. The summed E-state index contributed by atoms with van der Waals surface area (Å²) in [5, 5.41) is 2.43. The molecule has 1 aromatic carbocycles. The number of anilines is 1. The number of primary amides is 1. The minimum absolute atomic E-state index is 0.158. The molecule has 0 bridgehead atoms. The molecule has 0 saturated heterocycles. The summed E-state index contributed by atoms with van der Waals surface area (Å²) in [6.07, 6.45) is 0.580. The van der Waals surface area contributed by atoms with Crippen molar-refractivity contribution in [2.75, 3.05) is 4.90 Å². The summed E-state index contributed by atoms with van der Waals surface area (Å²) >= 11 is 1.43. The van der Waals surface area contributed by atoms with Crippen molar-refractivity contribution in [2.45, 2.75) is 19.0 Å². The maximum Gasteiger partial charge on any atom is 0.259 e. The Morgan fingerprint density at radius 3 is 3.04 bits per heavy atom. The topological polar surface area (TPSA) is 92.1 Å². The smallest absolute Gasteiger partial charge is 0.259 e. The Morgan fingerprint density at radius 2 is 2.22 bits per heavy atom. The molecule has 0 unspecified atom stereocenters. The molecule has 3 N–H and O–H groups in total. The van der Waals surface area contributed by atoms with Gasteiger partial charge in [-0.15, -0.1) is 11.3 Å². The first-order valence-corrected chi connectivity index (χ1v) is 8.12. The molecular formula is C16H14N4O2S. The molecule has 0 radical (unpaired) electrons. The van der Waals surface area contributed by atoms with E-state index in [9.17, 15) is 9.59 Å². The first-order valence-electron chi connectivity index (χ1n) is 7.24. The fourth-order valence-electron chi connectivity index (χ4n) is 3.05. The summed E-state index contributed by atoms with van der Waals surface area (Å²) in [4.78, 5) is 33.8. The van der Waals surface area contributed by atoms with Crippen molar-refractivity contribution in [3.63, 3.8) is 0 Å². The second-order valence-electron chi connectivity index (χ2n) is 5.53. The summed E-state index contributed by atoms with van der Waals surface area (Å²) in [5.74, 6) is 0.161. The van der Waals surface area contributed by atoms with Gasteiger partial charge in [0.15, 0.2) is 0 Å². The molecule has 3 aromatic rings. The Balaban J connectivity index is 1.75. The van der Waals surface area contributed by atoms with Gasteiger partial charge in [-0.25, -0.2) is 4.98 Å². The number of carbonyl (C=O) groups is 1. The average molecular weight is 326 g/mol. The summed E-state index contributed by atoms with van der Waals surface area (Å²) in [7, 11) is 0. The lowest BCUT2D eigenvalue weighted by molar-refractivity contribution is -0.119. The monoisotopic (exact) mass is 326 g/mol. The fraction of sp³-hybridized carbons (Fsp3) is 0.188. The first-order chi connectivity index (χ1) is 11.1. The number of fused-ring (bicyclic) bond motifs is 2. The van der Waals surface area contributed by atoms with E-state index >= 15 is 0 Å². The van der Waals surface area contributed by atoms with E-state index in [1.165, 1.54) is 11.3 Å². The summed E-state index contributed by atoms with van der Waals surface area (Å²) < 4.78 is 0. The van der Waals surface area contributed by atoms with Crippen molar-refractivity contribution >= 4 is 33.1 Å². The Labute approximate surface area is 135 Å². The molecule has 0 spiro atoms. The number of para-hydroxylation sites is 1. The van der Waals surface area contributed by atoms with Gasteiger partial charge in [0.2, 0.25) is 5.91 Å². The molecule has 1 aliphatic rings. The highest BCUT2D eigenvalue weighted by Crippen LogP contribution is 2.32. The van der Waals surface area contributed by atoms with Gasteiger partial charge in [0.25, 0.3) is 5.56 Å². The van der Waals surface area contributed by atoms with Gasteiger partial charge in [0.1, 0.15) is 16.7 Å². The molecule has 1 aliphatic heterocycles. The van der Waals surface area contributed by atoms with Crippen molar-refractivity contribution in [1.29, 1.82) is 0 Å². The molecule has 2 aromatic heterocycles. The normalized spacial score (nSPS) is 16.7. The van der Waals surface area contributed by atoms with Crippen LogP contribution in [0, 0.1) is 0 Å². The van der Waals surface area contributed by atoms with Gasteiger partial charge in [0, 0.05) is 12.1 Å². The van der Waals surface area contributed by atoms with E-state index in [-0.39, 0.29) is 11.5 Å². The zero-order valence-corrected chi connectivity index (χ0v) is 13.0. The van der Waals surface area contributed by atoms with Crippen LogP contribution < -0.4 is 16.2 Å². The number of hydrogen-bond acceptors (Lipinski definition) is 5. The lowest BCUT2D eigenvalue weighted by Crippen LogP contribution is -2.42. The number of nitrogens with one attached hydrogen (secondary N) is 1. The first kappa shape index (κ1) is 14.0. The number of aromatic amines is 1. The van der Waals surface area contributed by atoms with E-state index in [0.717, 1.165) is 11.3 Å². The molecular weight excluding hydrogens is 312 g/mol. The third kappa shape index (κ3) is 2.29. The van der Waals surface area contributed by atoms with Gasteiger partial charge >= 0.3 is 0 Å².